The number of rotatable bonds is 11. The molecule has 0 aromatic heterocycles. The summed E-state index contributed by atoms with van der Waals surface area (Å²) in [4.78, 5) is 11.7. The number of carboxylic acid groups (broad SMARTS) is 1. The standard InChI is InChI=1S/C20H22Cl2O5S/c1-13-9-19(18(25-2)11-17(13)27-12-20(23)24)28-8-4-3-7-26-16-6-5-14(21)10-15(16)22/h5-6,9-11H,3-4,7-8,12H2,1-2H3,(H,23,24). The van der Waals surface area contributed by atoms with Gasteiger partial charge in [-0.3, -0.25) is 0 Å². The van der Waals surface area contributed by atoms with Crippen LogP contribution >= 0.6 is 35.0 Å². The third-order valence-electron chi connectivity index (χ3n) is 3.76. The molecule has 0 saturated carbocycles. The number of benzene rings is 2. The van der Waals surface area contributed by atoms with E-state index in [2.05, 4.69) is 0 Å². The van der Waals surface area contributed by atoms with Crippen molar-refractivity contribution >= 4 is 40.9 Å². The lowest BCUT2D eigenvalue weighted by molar-refractivity contribution is -0.139. The van der Waals surface area contributed by atoms with E-state index in [4.69, 9.17) is 42.5 Å². The van der Waals surface area contributed by atoms with Crippen molar-refractivity contribution in [3.8, 4) is 17.2 Å². The Balaban J connectivity index is 1.80. The van der Waals surface area contributed by atoms with Crippen LogP contribution in [0.5, 0.6) is 17.2 Å². The molecule has 0 heterocycles. The number of hydrogen-bond acceptors (Lipinski definition) is 5. The minimum atomic E-state index is -1.01. The van der Waals surface area contributed by atoms with E-state index in [9.17, 15) is 4.79 Å². The fourth-order valence-electron chi connectivity index (χ4n) is 2.37. The number of methoxy groups -OCH3 is 1. The molecule has 0 atom stereocenters. The highest BCUT2D eigenvalue weighted by Gasteiger charge is 2.11. The summed E-state index contributed by atoms with van der Waals surface area (Å²) < 4.78 is 16.4. The third kappa shape index (κ3) is 7.00. The first-order valence-corrected chi connectivity index (χ1v) is 10.4. The highest BCUT2D eigenvalue weighted by molar-refractivity contribution is 7.99. The molecular formula is C20H22Cl2O5S. The van der Waals surface area contributed by atoms with E-state index in [1.54, 1.807) is 43.1 Å². The Morgan fingerprint density at radius 1 is 1.07 bits per heavy atom. The van der Waals surface area contributed by atoms with Crippen LogP contribution in [0.4, 0.5) is 0 Å². The summed E-state index contributed by atoms with van der Waals surface area (Å²) in [7, 11) is 1.58. The number of halogens is 2. The van der Waals surface area contributed by atoms with E-state index in [1.165, 1.54) is 0 Å². The van der Waals surface area contributed by atoms with Gasteiger partial charge in [-0.1, -0.05) is 23.2 Å². The maximum atomic E-state index is 10.7. The second-order valence-corrected chi connectivity index (χ2v) is 7.91. The molecule has 0 fully saturated rings. The van der Waals surface area contributed by atoms with Crippen molar-refractivity contribution in [3.63, 3.8) is 0 Å². The third-order valence-corrected chi connectivity index (χ3v) is 5.41. The Morgan fingerprint density at radius 2 is 1.86 bits per heavy atom. The molecule has 0 aliphatic heterocycles. The van der Waals surface area contributed by atoms with Gasteiger partial charge in [0.1, 0.15) is 17.2 Å². The van der Waals surface area contributed by atoms with Crippen molar-refractivity contribution < 1.29 is 24.1 Å². The quantitative estimate of drug-likeness (QED) is 0.352. The highest BCUT2D eigenvalue weighted by atomic mass is 35.5. The first-order valence-electron chi connectivity index (χ1n) is 8.64. The molecule has 0 amide bonds. The molecule has 0 spiro atoms. The molecular weight excluding hydrogens is 423 g/mol. The van der Waals surface area contributed by atoms with Crippen molar-refractivity contribution in [2.24, 2.45) is 0 Å². The Hall–Kier alpha value is -1.76. The Morgan fingerprint density at radius 3 is 2.54 bits per heavy atom. The summed E-state index contributed by atoms with van der Waals surface area (Å²) in [5, 5.41) is 9.84. The summed E-state index contributed by atoms with van der Waals surface area (Å²) in [6.07, 6.45) is 1.84. The van der Waals surface area contributed by atoms with Crippen LogP contribution in [0.1, 0.15) is 18.4 Å². The number of hydrogen-bond donors (Lipinski definition) is 1. The molecule has 8 heteroatoms. The van der Waals surface area contributed by atoms with Gasteiger partial charge in [-0.15, -0.1) is 11.8 Å². The van der Waals surface area contributed by atoms with Crippen LogP contribution in [0.2, 0.25) is 10.0 Å². The zero-order chi connectivity index (χ0) is 20.5. The van der Waals surface area contributed by atoms with Crippen LogP contribution < -0.4 is 14.2 Å². The van der Waals surface area contributed by atoms with Crippen LogP contribution in [0.25, 0.3) is 0 Å². The number of thioether (sulfide) groups is 1. The second-order valence-electron chi connectivity index (χ2n) is 5.93. The van der Waals surface area contributed by atoms with Crippen molar-refractivity contribution in [1.29, 1.82) is 0 Å². The maximum Gasteiger partial charge on any atom is 0.341 e. The molecule has 0 saturated heterocycles. The molecule has 2 aromatic rings. The van der Waals surface area contributed by atoms with Crippen LogP contribution in [0.15, 0.2) is 35.2 Å². The number of aliphatic carboxylic acids is 1. The largest absolute Gasteiger partial charge is 0.495 e. The zero-order valence-corrected chi connectivity index (χ0v) is 18.0. The molecule has 0 radical (unpaired) electrons. The van der Waals surface area contributed by atoms with Gasteiger partial charge in [0.15, 0.2) is 6.61 Å². The number of carbonyl (C=O) groups is 1. The van der Waals surface area contributed by atoms with Crippen LogP contribution in [0, 0.1) is 6.92 Å². The molecule has 0 aliphatic rings. The zero-order valence-electron chi connectivity index (χ0n) is 15.7. The van der Waals surface area contributed by atoms with Gasteiger partial charge in [-0.2, -0.15) is 0 Å². The molecule has 1 N–H and O–H groups in total. The molecule has 152 valence electrons. The Labute approximate surface area is 178 Å². The van der Waals surface area contributed by atoms with Gasteiger partial charge in [0.2, 0.25) is 0 Å². The Bertz CT molecular complexity index is 813. The fourth-order valence-corrected chi connectivity index (χ4v) is 3.95. The Kier molecular flexibility index (Phi) is 9.09. The van der Waals surface area contributed by atoms with Gasteiger partial charge in [0.25, 0.3) is 0 Å². The molecule has 28 heavy (non-hydrogen) atoms. The number of aryl methyl sites for hydroxylation is 1. The van der Waals surface area contributed by atoms with E-state index in [1.807, 2.05) is 13.0 Å². The molecule has 0 bridgehead atoms. The van der Waals surface area contributed by atoms with Gasteiger partial charge in [0.05, 0.1) is 18.7 Å². The fraction of sp³-hybridized carbons (Fsp3) is 0.350. The lowest BCUT2D eigenvalue weighted by Gasteiger charge is -2.13. The summed E-state index contributed by atoms with van der Waals surface area (Å²) in [5.41, 5.74) is 0.866. The van der Waals surface area contributed by atoms with E-state index in [0.717, 1.165) is 29.1 Å². The van der Waals surface area contributed by atoms with Gasteiger partial charge in [0, 0.05) is 16.0 Å². The second kappa shape index (κ2) is 11.3. The van der Waals surface area contributed by atoms with Crippen LogP contribution in [0.3, 0.4) is 0 Å². The van der Waals surface area contributed by atoms with Gasteiger partial charge in [-0.05, 0) is 55.3 Å². The maximum absolute atomic E-state index is 10.7. The minimum absolute atomic E-state index is 0.381. The molecule has 2 rings (SSSR count). The summed E-state index contributed by atoms with van der Waals surface area (Å²) >= 11 is 13.6. The summed E-state index contributed by atoms with van der Waals surface area (Å²) in [6, 6.07) is 8.85. The topological polar surface area (TPSA) is 65.0 Å². The monoisotopic (exact) mass is 444 g/mol. The average molecular weight is 445 g/mol. The van der Waals surface area contributed by atoms with Gasteiger partial charge in [-0.25, -0.2) is 4.79 Å². The van der Waals surface area contributed by atoms with E-state index >= 15 is 0 Å². The van der Waals surface area contributed by atoms with Crippen LogP contribution in [-0.2, 0) is 4.79 Å². The van der Waals surface area contributed by atoms with Gasteiger partial charge < -0.3 is 19.3 Å². The van der Waals surface area contributed by atoms with Crippen molar-refractivity contribution in [2.75, 3.05) is 26.1 Å². The molecule has 2 aromatic carbocycles. The molecule has 5 nitrogen and oxygen atoms in total. The van der Waals surface area contributed by atoms with Crippen molar-refractivity contribution in [2.45, 2.75) is 24.7 Å². The number of unbranched alkanes of at least 4 members (excludes halogenated alkanes) is 1. The van der Waals surface area contributed by atoms with Gasteiger partial charge >= 0.3 is 5.97 Å². The number of carboxylic acids is 1. The predicted molar refractivity (Wildman–Crippen MR) is 113 cm³/mol. The molecule has 0 unspecified atom stereocenters. The minimum Gasteiger partial charge on any atom is -0.495 e. The lowest BCUT2D eigenvalue weighted by atomic mass is 10.2. The van der Waals surface area contributed by atoms with E-state index in [0.29, 0.717) is 33.9 Å². The summed E-state index contributed by atoms with van der Waals surface area (Å²) in [5.74, 6) is 1.69. The highest BCUT2D eigenvalue weighted by Crippen LogP contribution is 2.36. The van der Waals surface area contributed by atoms with Crippen LogP contribution in [-0.4, -0.2) is 37.2 Å². The first-order chi connectivity index (χ1) is 13.4. The smallest absolute Gasteiger partial charge is 0.341 e. The molecule has 0 aliphatic carbocycles. The number of ether oxygens (including phenoxy) is 3. The van der Waals surface area contributed by atoms with E-state index < -0.39 is 5.97 Å². The predicted octanol–water partition coefficient (Wildman–Crippen LogP) is 5.73. The first kappa shape index (κ1) is 22.5. The normalized spacial score (nSPS) is 10.6. The average Bonchev–Trinajstić information content (AvgIpc) is 2.65. The SMILES string of the molecule is COc1cc(OCC(=O)O)c(C)cc1SCCCCOc1ccc(Cl)cc1Cl. The summed E-state index contributed by atoms with van der Waals surface area (Å²) in [6.45, 7) is 2.07. The lowest BCUT2D eigenvalue weighted by Crippen LogP contribution is -2.10. The van der Waals surface area contributed by atoms with E-state index in [-0.39, 0.29) is 6.61 Å². The van der Waals surface area contributed by atoms with Crippen molar-refractivity contribution in [3.05, 3.63) is 45.9 Å². The van der Waals surface area contributed by atoms with Crippen molar-refractivity contribution in [1.82, 2.24) is 0 Å².